The maximum atomic E-state index is 11.9. The van der Waals surface area contributed by atoms with Crippen molar-refractivity contribution in [3.05, 3.63) is 23.9 Å². The molecule has 106 valence electrons. The van der Waals surface area contributed by atoms with E-state index in [4.69, 9.17) is 5.73 Å². The lowest BCUT2D eigenvalue weighted by Gasteiger charge is -2.25. The Morgan fingerprint density at radius 3 is 2.63 bits per heavy atom. The van der Waals surface area contributed by atoms with Gasteiger partial charge in [-0.2, -0.15) is 0 Å². The Labute approximate surface area is 112 Å². The van der Waals surface area contributed by atoms with Crippen molar-refractivity contribution in [2.75, 3.05) is 18.5 Å². The molecular formula is C11H18N4O3S. The van der Waals surface area contributed by atoms with Crippen molar-refractivity contribution >= 4 is 21.7 Å². The number of anilines is 1. The quantitative estimate of drug-likeness (QED) is 0.689. The van der Waals surface area contributed by atoms with Gasteiger partial charge in [0.1, 0.15) is 5.82 Å². The lowest BCUT2D eigenvalue weighted by atomic mass is 10.1. The van der Waals surface area contributed by atoms with E-state index < -0.39 is 21.5 Å². The average molecular weight is 286 g/mol. The molecule has 1 heterocycles. The summed E-state index contributed by atoms with van der Waals surface area (Å²) in [7, 11) is -3.34. The van der Waals surface area contributed by atoms with Crippen LogP contribution in [0.5, 0.6) is 0 Å². The third-order valence-corrected chi connectivity index (χ3v) is 3.16. The normalized spacial score (nSPS) is 12.2. The van der Waals surface area contributed by atoms with E-state index in [2.05, 4.69) is 15.0 Å². The van der Waals surface area contributed by atoms with Crippen LogP contribution in [0.15, 0.2) is 18.3 Å². The highest BCUT2D eigenvalue weighted by atomic mass is 32.2. The van der Waals surface area contributed by atoms with Crippen LogP contribution in [0.3, 0.4) is 0 Å². The number of nitrogens with one attached hydrogen (secondary N) is 2. The van der Waals surface area contributed by atoms with E-state index in [0.29, 0.717) is 0 Å². The van der Waals surface area contributed by atoms with Crippen LogP contribution in [-0.4, -0.2) is 37.6 Å². The number of nitrogens with two attached hydrogens (primary N) is 1. The fraction of sp³-hybridized carbons (Fsp3) is 0.455. The fourth-order valence-corrected chi connectivity index (χ4v) is 2.62. The van der Waals surface area contributed by atoms with Gasteiger partial charge in [-0.25, -0.2) is 18.1 Å². The summed E-state index contributed by atoms with van der Waals surface area (Å²) in [5, 5.41) is 2.62. The van der Waals surface area contributed by atoms with E-state index in [1.54, 1.807) is 26.0 Å². The zero-order valence-corrected chi connectivity index (χ0v) is 11.9. The van der Waals surface area contributed by atoms with Gasteiger partial charge in [0.05, 0.1) is 11.8 Å². The molecule has 0 aromatic carbocycles. The van der Waals surface area contributed by atoms with Crippen LogP contribution in [0.4, 0.5) is 5.82 Å². The molecule has 0 atom stereocenters. The lowest BCUT2D eigenvalue weighted by Crippen LogP contribution is -2.51. The predicted molar refractivity (Wildman–Crippen MR) is 73.0 cm³/mol. The van der Waals surface area contributed by atoms with E-state index in [0.717, 1.165) is 6.26 Å². The van der Waals surface area contributed by atoms with Gasteiger partial charge in [-0.15, -0.1) is 0 Å². The Balaban J connectivity index is 2.67. The van der Waals surface area contributed by atoms with E-state index >= 15 is 0 Å². The number of nitrogens with zero attached hydrogens (tertiary/aromatic N) is 1. The minimum atomic E-state index is -3.34. The molecule has 0 unspecified atom stereocenters. The predicted octanol–water partition coefficient (Wildman–Crippen LogP) is -0.279. The number of hydrogen-bond donors (Lipinski definition) is 3. The van der Waals surface area contributed by atoms with Gasteiger partial charge in [0, 0.05) is 18.3 Å². The van der Waals surface area contributed by atoms with Gasteiger partial charge in [-0.05, 0) is 26.0 Å². The first-order valence-electron chi connectivity index (χ1n) is 5.58. The summed E-state index contributed by atoms with van der Waals surface area (Å²) in [6, 6.07) is 3.15. The molecule has 4 N–H and O–H groups in total. The molecule has 19 heavy (non-hydrogen) atoms. The molecule has 0 aliphatic heterocycles. The topological polar surface area (TPSA) is 114 Å². The molecule has 0 spiro atoms. The van der Waals surface area contributed by atoms with Crippen LogP contribution >= 0.6 is 0 Å². The lowest BCUT2D eigenvalue weighted by molar-refractivity contribution is 0.0945. The number of nitrogen functional groups attached to an aromatic ring is 1. The van der Waals surface area contributed by atoms with Gasteiger partial charge in [0.2, 0.25) is 10.0 Å². The van der Waals surface area contributed by atoms with Gasteiger partial charge in [0.25, 0.3) is 5.91 Å². The monoisotopic (exact) mass is 286 g/mol. The Hall–Kier alpha value is -1.67. The Morgan fingerprint density at radius 2 is 2.11 bits per heavy atom. The second-order valence-electron chi connectivity index (χ2n) is 4.88. The molecule has 1 rings (SSSR count). The van der Waals surface area contributed by atoms with Crippen LogP contribution in [-0.2, 0) is 10.0 Å². The first kappa shape index (κ1) is 15.4. The summed E-state index contributed by atoms with van der Waals surface area (Å²) in [6.45, 7) is 3.47. The maximum Gasteiger partial charge on any atom is 0.255 e. The number of aromatic nitrogens is 1. The Kier molecular flexibility index (Phi) is 4.48. The molecule has 8 heteroatoms. The van der Waals surface area contributed by atoms with E-state index in [1.807, 2.05) is 0 Å². The molecular weight excluding hydrogens is 268 g/mol. The largest absolute Gasteiger partial charge is 0.383 e. The standard InChI is InChI=1S/C11H18N4O3S/c1-11(2,15-19(3,17)18)7-14-10(16)8-5-4-6-13-9(8)12/h4-6,15H,7H2,1-3H3,(H2,12,13)(H,14,16). The van der Waals surface area contributed by atoms with Gasteiger partial charge < -0.3 is 11.1 Å². The van der Waals surface area contributed by atoms with Crippen molar-refractivity contribution in [3.63, 3.8) is 0 Å². The van der Waals surface area contributed by atoms with Crippen molar-refractivity contribution in [3.8, 4) is 0 Å². The van der Waals surface area contributed by atoms with Gasteiger partial charge >= 0.3 is 0 Å². The van der Waals surface area contributed by atoms with Crippen LogP contribution < -0.4 is 15.8 Å². The highest BCUT2D eigenvalue weighted by Gasteiger charge is 2.23. The number of amides is 1. The molecule has 7 nitrogen and oxygen atoms in total. The number of rotatable bonds is 5. The summed E-state index contributed by atoms with van der Waals surface area (Å²) in [6.07, 6.45) is 2.55. The van der Waals surface area contributed by atoms with Gasteiger partial charge in [-0.1, -0.05) is 0 Å². The molecule has 1 amide bonds. The highest BCUT2D eigenvalue weighted by molar-refractivity contribution is 7.88. The van der Waals surface area contributed by atoms with Crippen molar-refractivity contribution in [2.45, 2.75) is 19.4 Å². The van der Waals surface area contributed by atoms with Crippen molar-refractivity contribution in [2.24, 2.45) is 0 Å². The summed E-state index contributed by atoms with van der Waals surface area (Å²) >= 11 is 0. The summed E-state index contributed by atoms with van der Waals surface area (Å²) in [4.78, 5) is 15.7. The van der Waals surface area contributed by atoms with Crippen molar-refractivity contribution in [1.29, 1.82) is 0 Å². The first-order valence-corrected chi connectivity index (χ1v) is 7.47. The third kappa shape index (κ3) is 5.23. The molecule has 0 saturated carbocycles. The fourth-order valence-electron chi connectivity index (χ4n) is 1.54. The maximum absolute atomic E-state index is 11.9. The van der Waals surface area contributed by atoms with Gasteiger partial charge in [0.15, 0.2) is 0 Å². The zero-order chi connectivity index (χ0) is 14.7. The molecule has 1 aromatic heterocycles. The second kappa shape index (κ2) is 5.54. The summed E-state index contributed by atoms with van der Waals surface area (Å²) < 4.78 is 24.8. The van der Waals surface area contributed by atoms with Crippen LogP contribution in [0.1, 0.15) is 24.2 Å². The van der Waals surface area contributed by atoms with E-state index in [9.17, 15) is 13.2 Å². The number of hydrogen-bond acceptors (Lipinski definition) is 5. The Bertz CT molecular complexity index is 569. The number of pyridine rings is 1. The zero-order valence-electron chi connectivity index (χ0n) is 11.1. The average Bonchev–Trinajstić information content (AvgIpc) is 2.23. The van der Waals surface area contributed by atoms with E-state index in [-0.39, 0.29) is 17.9 Å². The van der Waals surface area contributed by atoms with Crippen LogP contribution in [0.2, 0.25) is 0 Å². The molecule has 0 radical (unpaired) electrons. The smallest absolute Gasteiger partial charge is 0.255 e. The molecule has 0 aliphatic carbocycles. The van der Waals surface area contributed by atoms with Crippen LogP contribution in [0.25, 0.3) is 0 Å². The van der Waals surface area contributed by atoms with Crippen molar-refractivity contribution in [1.82, 2.24) is 15.0 Å². The molecule has 0 bridgehead atoms. The van der Waals surface area contributed by atoms with Gasteiger partial charge in [-0.3, -0.25) is 4.79 Å². The number of carbonyl (C=O) groups excluding carboxylic acids is 1. The SMILES string of the molecule is CC(C)(CNC(=O)c1cccnc1N)NS(C)(=O)=O. The van der Waals surface area contributed by atoms with Crippen LogP contribution in [0, 0.1) is 0 Å². The first-order chi connectivity index (χ1) is 8.61. The molecule has 1 aromatic rings. The minimum Gasteiger partial charge on any atom is -0.383 e. The molecule has 0 aliphatic rings. The summed E-state index contributed by atoms with van der Waals surface area (Å²) in [5.41, 5.74) is 5.05. The second-order valence-corrected chi connectivity index (χ2v) is 6.63. The number of sulfonamides is 1. The molecule has 0 saturated heterocycles. The van der Waals surface area contributed by atoms with Crippen molar-refractivity contribution < 1.29 is 13.2 Å². The summed E-state index contributed by atoms with van der Waals surface area (Å²) in [5.74, 6) is -0.261. The minimum absolute atomic E-state index is 0.132. The van der Waals surface area contributed by atoms with E-state index in [1.165, 1.54) is 6.20 Å². The third-order valence-electron chi connectivity index (χ3n) is 2.24. The number of carbonyl (C=O) groups is 1. The highest BCUT2D eigenvalue weighted by Crippen LogP contribution is 2.08. The molecule has 0 fully saturated rings. The Morgan fingerprint density at radius 1 is 1.47 bits per heavy atom.